The first-order valence-corrected chi connectivity index (χ1v) is 19.7. The number of halogens is 4. The van der Waals surface area contributed by atoms with Gasteiger partial charge >= 0.3 is 0 Å². The maximum absolute atomic E-state index is 7.22. The molecule has 5 heterocycles. The molecule has 0 spiro atoms. The molecule has 5 aliphatic heterocycles. The van der Waals surface area contributed by atoms with Crippen molar-refractivity contribution in [2.75, 3.05) is 0 Å². The van der Waals surface area contributed by atoms with Crippen molar-refractivity contribution < 1.29 is 21.7 Å². The average molecular weight is 737 g/mol. The number of nitrogens with one attached hydrogen (secondary N) is 8. The van der Waals surface area contributed by atoms with Crippen LogP contribution in [-0.2, 0) is 21.7 Å². The molecule has 20 unspecified atom stereocenters. The second-order valence-electron chi connectivity index (χ2n) is 15.7. The molecule has 20 atom stereocenters. The Morgan fingerprint density at radius 2 is 0.711 bits per heavy atom. The van der Waals surface area contributed by atoms with Gasteiger partial charge in [-0.3, -0.25) is 42.5 Å². The fraction of sp³-hybridized carbons (Fsp3) is 0.969. The van der Waals surface area contributed by atoms with Crippen LogP contribution in [-0.4, -0.2) is 70.8 Å². The van der Waals surface area contributed by atoms with Crippen LogP contribution >= 0.6 is 46.4 Å². The summed E-state index contributed by atoms with van der Waals surface area (Å²) < 4.78 is 0. The van der Waals surface area contributed by atoms with Crippen LogP contribution in [0.2, 0.25) is 0 Å². The molecular weight excluding hydrogens is 686 g/mol. The summed E-state index contributed by atoms with van der Waals surface area (Å²) in [5.74, 6) is 3.65. The van der Waals surface area contributed by atoms with Gasteiger partial charge in [0.2, 0.25) is 0 Å². The summed E-state index contributed by atoms with van der Waals surface area (Å²) >= 11 is 28.2. The molecule has 5 saturated heterocycles. The fourth-order valence-electron chi connectivity index (χ4n) is 11.7. The normalized spacial score (nSPS) is 58.9. The van der Waals surface area contributed by atoms with E-state index in [-0.39, 0.29) is 92.1 Å². The summed E-state index contributed by atoms with van der Waals surface area (Å²) in [4.78, 5) is 0. The van der Waals surface area contributed by atoms with Gasteiger partial charge in [-0.15, -0.1) is 52.3 Å². The van der Waals surface area contributed by atoms with Crippen LogP contribution in [0, 0.1) is 53.8 Å². The standard InChI is InChI=1S/C32H51Cl4N8.Ti/c33-21-19-20(22(34)24(36)23(21)35)32-43-30-18-12-6-4-10-16(18)28(41-30)39-26-14-8-2-1-7-13(14)25(37-26)38-27-15-9-3-5-11-17(15)29(40-27)42-31(19)44-32;/h11,13-32,37-44H,1-10,12H2;/q-1;. The van der Waals surface area contributed by atoms with E-state index in [2.05, 4.69) is 49.0 Å². The molecule has 8 bridgehead atoms. The van der Waals surface area contributed by atoms with Crippen molar-refractivity contribution in [3.8, 4) is 0 Å². The Labute approximate surface area is 304 Å². The van der Waals surface area contributed by atoms with Crippen LogP contribution in [0.15, 0.2) is 0 Å². The molecular formula is C32H51Cl4N8Ti-. The van der Waals surface area contributed by atoms with E-state index in [0.717, 1.165) is 0 Å². The van der Waals surface area contributed by atoms with Crippen molar-refractivity contribution in [2.24, 2.45) is 47.3 Å². The van der Waals surface area contributed by atoms with Crippen molar-refractivity contribution in [2.45, 2.75) is 141 Å². The number of alkyl halides is 4. The third kappa shape index (κ3) is 5.75. The van der Waals surface area contributed by atoms with E-state index in [1.807, 2.05) is 0 Å². The minimum atomic E-state index is -0.382. The van der Waals surface area contributed by atoms with Gasteiger partial charge < -0.3 is 6.42 Å². The van der Waals surface area contributed by atoms with Gasteiger partial charge in [0.05, 0.1) is 64.7 Å². The summed E-state index contributed by atoms with van der Waals surface area (Å²) in [5.41, 5.74) is 0. The first kappa shape index (κ1) is 33.7. The molecule has 0 amide bonds. The SMILES string of the molecule is ClC1C(Cl)C(Cl)C2C3NC4NC(NC5NC(NC6NC(NC(N3)C2C1Cl)C1[CH-]CCCC61)C1CCCCC51)C1CCCCC41.[Ti]. The largest absolute Gasteiger partial charge is 0.322 e. The van der Waals surface area contributed by atoms with E-state index in [9.17, 15) is 0 Å². The zero-order chi connectivity index (χ0) is 29.7. The van der Waals surface area contributed by atoms with Crippen molar-refractivity contribution in [3.63, 3.8) is 0 Å². The Morgan fingerprint density at radius 1 is 0.378 bits per heavy atom. The summed E-state index contributed by atoms with van der Waals surface area (Å²) in [6, 6.07) is 0. The smallest absolute Gasteiger partial charge is 0.0681 e. The van der Waals surface area contributed by atoms with Gasteiger partial charge in [0.25, 0.3) is 0 Å². The molecule has 45 heavy (non-hydrogen) atoms. The van der Waals surface area contributed by atoms with Crippen LogP contribution in [0.25, 0.3) is 0 Å². The van der Waals surface area contributed by atoms with Crippen LogP contribution in [0.3, 0.4) is 0 Å². The van der Waals surface area contributed by atoms with Gasteiger partial charge in [0.15, 0.2) is 0 Å². The first-order valence-electron chi connectivity index (χ1n) is 17.9. The van der Waals surface area contributed by atoms with Crippen LogP contribution in [0.4, 0.5) is 0 Å². The second-order valence-corrected chi connectivity index (χ2v) is 17.7. The van der Waals surface area contributed by atoms with Crippen LogP contribution < -0.4 is 42.5 Å². The van der Waals surface area contributed by atoms with Crippen LogP contribution in [0.5, 0.6) is 0 Å². The summed E-state index contributed by atoms with van der Waals surface area (Å²) in [6.45, 7) is 0. The molecule has 8 N–H and O–H groups in total. The van der Waals surface area contributed by atoms with Gasteiger partial charge in [0, 0.05) is 39.7 Å². The van der Waals surface area contributed by atoms with Crippen molar-refractivity contribution >= 4 is 46.4 Å². The molecule has 9 aliphatic rings. The Balaban J connectivity index is 0.00000300. The maximum atomic E-state index is 7.22. The van der Waals surface area contributed by atoms with Gasteiger partial charge in [0.1, 0.15) is 0 Å². The van der Waals surface area contributed by atoms with E-state index in [4.69, 9.17) is 46.4 Å². The first-order chi connectivity index (χ1) is 21.5. The number of rotatable bonds is 0. The molecule has 4 aliphatic carbocycles. The quantitative estimate of drug-likeness (QED) is 0.109. The topological polar surface area (TPSA) is 96.2 Å². The van der Waals surface area contributed by atoms with Crippen molar-refractivity contribution in [1.29, 1.82) is 0 Å². The predicted octanol–water partition coefficient (Wildman–Crippen LogP) is 3.29. The van der Waals surface area contributed by atoms with Gasteiger partial charge in [-0.25, -0.2) is 0 Å². The Hall–Kier alpha value is 1.55. The number of hydrogen-bond acceptors (Lipinski definition) is 8. The van der Waals surface area contributed by atoms with Crippen molar-refractivity contribution in [3.05, 3.63) is 6.42 Å². The molecule has 0 aromatic rings. The number of fused-ring (bicyclic) bond motifs is 20. The Morgan fingerprint density at radius 3 is 1.18 bits per heavy atom. The molecule has 9 rings (SSSR count). The van der Waals surface area contributed by atoms with E-state index in [0.29, 0.717) is 47.8 Å². The molecule has 0 radical (unpaired) electrons. The van der Waals surface area contributed by atoms with E-state index < -0.39 is 0 Å². The molecule has 13 heteroatoms. The predicted molar refractivity (Wildman–Crippen MR) is 177 cm³/mol. The molecule has 9 fully saturated rings. The van der Waals surface area contributed by atoms with Crippen molar-refractivity contribution in [1.82, 2.24) is 42.5 Å². The van der Waals surface area contributed by atoms with Gasteiger partial charge in [-0.05, 0) is 55.3 Å². The number of hydrogen-bond donors (Lipinski definition) is 8. The van der Waals surface area contributed by atoms with Crippen LogP contribution in [0.1, 0.15) is 70.6 Å². The third-order valence-corrected chi connectivity index (χ3v) is 16.3. The average Bonchev–Trinajstić information content (AvgIpc) is 3.78. The molecule has 8 nitrogen and oxygen atoms in total. The maximum Gasteiger partial charge on any atom is 0.0681 e. The summed E-state index contributed by atoms with van der Waals surface area (Å²) in [7, 11) is 0. The third-order valence-electron chi connectivity index (χ3n) is 13.7. The Bertz CT molecular complexity index is 989. The zero-order valence-electron chi connectivity index (χ0n) is 25.9. The molecule has 0 aromatic heterocycles. The summed E-state index contributed by atoms with van der Waals surface area (Å²) in [5, 5.41) is 31.5. The minimum Gasteiger partial charge on any atom is -0.322 e. The Kier molecular flexibility index (Phi) is 10.2. The minimum absolute atomic E-state index is 0. The van der Waals surface area contributed by atoms with Gasteiger partial charge in [-0.1, -0.05) is 38.5 Å². The molecule has 0 aromatic carbocycles. The van der Waals surface area contributed by atoms with E-state index in [1.165, 1.54) is 70.6 Å². The van der Waals surface area contributed by atoms with Gasteiger partial charge in [-0.2, -0.15) is 6.42 Å². The monoisotopic (exact) mass is 735 g/mol. The molecule has 4 saturated carbocycles. The second kappa shape index (κ2) is 13.6. The van der Waals surface area contributed by atoms with E-state index >= 15 is 0 Å². The molecule has 252 valence electrons. The zero-order valence-corrected chi connectivity index (χ0v) is 30.5. The fourth-order valence-corrected chi connectivity index (χ4v) is 13.4. The summed E-state index contributed by atoms with van der Waals surface area (Å²) in [6.07, 6.45) is 18.2. The van der Waals surface area contributed by atoms with E-state index in [1.54, 1.807) is 0 Å².